The van der Waals surface area contributed by atoms with Crippen molar-refractivity contribution in [1.29, 1.82) is 0 Å². The van der Waals surface area contributed by atoms with Crippen LogP contribution in [0, 0.1) is 5.82 Å². The Kier molecular flexibility index (Phi) is 8.08. The first kappa shape index (κ1) is 29.1. The summed E-state index contributed by atoms with van der Waals surface area (Å²) in [5.74, 6) is -0.855. The number of aliphatic hydroxyl groups is 1. The maximum Gasteiger partial charge on any atom is 0.258 e. The zero-order valence-electron chi connectivity index (χ0n) is 23.9. The summed E-state index contributed by atoms with van der Waals surface area (Å²) in [6.07, 6.45) is 2.72. The minimum absolute atomic E-state index is 0.0409. The number of aromatic nitrogens is 2. The average Bonchev–Trinajstić information content (AvgIpc) is 3.40. The number of aromatic amines is 1. The average molecular weight is 607 g/mol. The van der Waals surface area contributed by atoms with Gasteiger partial charge in [0.15, 0.2) is 5.82 Å². The fourth-order valence-electron chi connectivity index (χ4n) is 5.75. The van der Waals surface area contributed by atoms with Gasteiger partial charge in [0.1, 0.15) is 5.82 Å². The number of nitrogens with one attached hydrogen (secondary N) is 3. The Bertz CT molecular complexity index is 1740. The second-order valence-corrected chi connectivity index (χ2v) is 13.3. The van der Waals surface area contributed by atoms with Crippen LogP contribution in [-0.2, 0) is 9.84 Å². The number of anilines is 3. The van der Waals surface area contributed by atoms with Crippen LogP contribution in [0.5, 0.6) is 0 Å². The Morgan fingerprint density at radius 3 is 2.47 bits per heavy atom. The van der Waals surface area contributed by atoms with Gasteiger partial charge in [-0.1, -0.05) is 6.07 Å². The van der Waals surface area contributed by atoms with Crippen LogP contribution in [0.2, 0.25) is 0 Å². The molecule has 4 N–H and O–H groups in total. The summed E-state index contributed by atoms with van der Waals surface area (Å²) in [6, 6.07) is 15.2. The number of hydrogen-bond donors (Lipinski definition) is 4. The van der Waals surface area contributed by atoms with Crippen LogP contribution in [0.3, 0.4) is 0 Å². The number of H-pyrrole nitrogens is 1. The number of hydrogen-bond acceptors (Lipinski definition) is 8. The van der Waals surface area contributed by atoms with E-state index in [1.165, 1.54) is 30.3 Å². The van der Waals surface area contributed by atoms with Crippen molar-refractivity contribution in [3.05, 3.63) is 72.0 Å². The van der Waals surface area contributed by atoms with Gasteiger partial charge in [-0.2, -0.15) is 5.10 Å². The number of halogens is 1. The van der Waals surface area contributed by atoms with Gasteiger partial charge in [0, 0.05) is 49.0 Å². The Labute approximate surface area is 249 Å². The van der Waals surface area contributed by atoms with E-state index in [0.717, 1.165) is 50.8 Å². The van der Waals surface area contributed by atoms with Crippen molar-refractivity contribution >= 4 is 43.8 Å². The molecule has 3 aromatic carbocycles. The Morgan fingerprint density at radius 2 is 1.72 bits per heavy atom. The first-order valence-corrected chi connectivity index (χ1v) is 16.0. The van der Waals surface area contributed by atoms with Crippen LogP contribution in [0.15, 0.2) is 70.5 Å². The van der Waals surface area contributed by atoms with E-state index in [9.17, 15) is 22.7 Å². The Morgan fingerprint density at radius 1 is 0.977 bits per heavy atom. The third-order valence-corrected chi connectivity index (χ3v) is 10.1. The second-order valence-electron chi connectivity index (χ2n) is 11.4. The highest BCUT2D eigenvalue weighted by Crippen LogP contribution is 2.31. The second kappa shape index (κ2) is 11.9. The van der Waals surface area contributed by atoms with Crippen molar-refractivity contribution < 1.29 is 22.7 Å². The number of nitrogens with zero attached hydrogens (tertiary/aromatic N) is 3. The number of carbonyl (C=O) groups excluding carboxylic acids is 1. The highest BCUT2D eigenvalue weighted by Gasteiger charge is 2.25. The summed E-state index contributed by atoms with van der Waals surface area (Å²) in [5, 5.41) is 23.9. The monoisotopic (exact) mass is 606 g/mol. The highest BCUT2D eigenvalue weighted by atomic mass is 32.2. The minimum Gasteiger partial charge on any atom is -0.393 e. The quantitative estimate of drug-likeness (QED) is 0.246. The van der Waals surface area contributed by atoms with E-state index >= 15 is 0 Å². The van der Waals surface area contributed by atoms with Gasteiger partial charge in [-0.3, -0.25) is 9.89 Å². The Hall–Kier alpha value is -4.00. The lowest BCUT2D eigenvalue weighted by Gasteiger charge is -2.35. The maximum absolute atomic E-state index is 13.8. The van der Waals surface area contributed by atoms with Crippen molar-refractivity contribution in [3.63, 3.8) is 0 Å². The molecular formula is C31H35FN6O4S. The van der Waals surface area contributed by atoms with Crippen LogP contribution >= 0.6 is 0 Å². The number of piperazine rings is 1. The molecule has 6 rings (SSSR count). The summed E-state index contributed by atoms with van der Waals surface area (Å²) < 4.78 is 40.2. The SMILES string of the molecule is CN1CCN(c2ccc(C(=O)Nc3n[nH]c4ccc(S(=O)(=O)c5cccc(F)c5)cc34)c(NC3CCC(O)CC3)c2)CC1. The topological polar surface area (TPSA) is 131 Å². The first-order valence-electron chi connectivity index (χ1n) is 14.5. The van der Waals surface area contributed by atoms with Gasteiger partial charge in [-0.25, -0.2) is 12.8 Å². The predicted molar refractivity (Wildman–Crippen MR) is 164 cm³/mol. The molecule has 2 fully saturated rings. The van der Waals surface area contributed by atoms with Crippen molar-refractivity contribution in [1.82, 2.24) is 15.1 Å². The molecule has 12 heteroatoms. The number of carbonyl (C=O) groups is 1. The summed E-state index contributed by atoms with van der Waals surface area (Å²) in [7, 11) is -1.90. The van der Waals surface area contributed by atoms with Crippen molar-refractivity contribution in [2.75, 3.05) is 48.8 Å². The van der Waals surface area contributed by atoms with Gasteiger partial charge in [-0.05, 0) is 87.3 Å². The van der Waals surface area contributed by atoms with Gasteiger partial charge in [0.2, 0.25) is 9.84 Å². The van der Waals surface area contributed by atoms with E-state index in [4.69, 9.17) is 0 Å². The van der Waals surface area contributed by atoms with Gasteiger partial charge in [-0.15, -0.1) is 0 Å². The number of fused-ring (bicyclic) bond motifs is 1. The van der Waals surface area contributed by atoms with Crippen LogP contribution in [0.4, 0.5) is 21.6 Å². The van der Waals surface area contributed by atoms with E-state index < -0.39 is 21.6 Å². The molecule has 0 atom stereocenters. The number of aliphatic hydroxyl groups excluding tert-OH is 1. The Balaban J connectivity index is 1.29. The van der Waals surface area contributed by atoms with E-state index in [1.807, 2.05) is 12.1 Å². The van der Waals surface area contributed by atoms with E-state index in [0.29, 0.717) is 35.0 Å². The molecule has 1 aliphatic carbocycles. The molecule has 1 aliphatic heterocycles. The smallest absolute Gasteiger partial charge is 0.258 e. The van der Waals surface area contributed by atoms with Crippen molar-refractivity contribution in [2.45, 2.75) is 47.6 Å². The van der Waals surface area contributed by atoms with E-state index in [-0.39, 0.29) is 27.8 Å². The fraction of sp³-hybridized carbons (Fsp3) is 0.355. The number of benzene rings is 3. The summed E-state index contributed by atoms with van der Waals surface area (Å²) in [5.41, 5.74) is 2.70. The standard InChI is InChI=1S/C31H35FN6O4S/c1-37-13-15-38(16-14-37)22-7-11-26(29(18-22)33-21-5-8-23(39)9-6-21)31(40)34-30-27-19-25(10-12-28(27)35-36-30)43(41,42)24-4-2-3-20(32)17-24/h2-4,7,10-12,17-19,21,23,33,39H,5-6,8-9,13-16H2,1H3,(H2,34,35,36,40). The maximum atomic E-state index is 13.8. The molecule has 1 aromatic heterocycles. The minimum atomic E-state index is -4.00. The third-order valence-electron chi connectivity index (χ3n) is 8.36. The van der Waals surface area contributed by atoms with Gasteiger partial charge < -0.3 is 25.5 Å². The first-order chi connectivity index (χ1) is 20.7. The van der Waals surface area contributed by atoms with Gasteiger partial charge >= 0.3 is 0 Å². The molecule has 0 spiro atoms. The zero-order valence-corrected chi connectivity index (χ0v) is 24.7. The lowest BCUT2D eigenvalue weighted by molar-refractivity contribution is 0.102. The molecule has 0 unspecified atom stereocenters. The van der Waals surface area contributed by atoms with Gasteiger partial charge in [0.25, 0.3) is 5.91 Å². The van der Waals surface area contributed by atoms with E-state index in [1.54, 1.807) is 12.1 Å². The molecule has 0 bridgehead atoms. The summed E-state index contributed by atoms with van der Waals surface area (Å²) >= 11 is 0. The molecule has 0 radical (unpaired) electrons. The largest absolute Gasteiger partial charge is 0.393 e. The van der Waals surface area contributed by atoms with Gasteiger partial charge in [0.05, 0.1) is 27.0 Å². The fourth-order valence-corrected chi connectivity index (χ4v) is 7.07. The lowest BCUT2D eigenvalue weighted by Crippen LogP contribution is -2.44. The van der Waals surface area contributed by atoms with Crippen molar-refractivity contribution in [3.8, 4) is 0 Å². The highest BCUT2D eigenvalue weighted by molar-refractivity contribution is 7.91. The molecule has 1 saturated carbocycles. The van der Waals surface area contributed by atoms with Crippen LogP contribution < -0.4 is 15.5 Å². The molecular weight excluding hydrogens is 571 g/mol. The predicted octanol–water partition coefficient (Wildman–Crippen LogP) is 4.25. The number of amides is 1. The van der Waals surface area contributed by atoms with Crippen molar-refractivity contribution in [2.24, 2.45) is 0 Å². The van der Waals surface area contributed by atoms with Crippen LogP contribution in [0.1, 0.15) is 36.0 Å². The number of sulfone groups is 1. The summed E-state index contributed by atoms with van der Waals surface area (Å²) in [6.45, 7) is 3.68. The number of likely N-dealkylation sites (N-methyl/N-ethyl adjacent to an activating group) is 1. The lowest BCUT2D eigenvalue weighted by atomic mass is 9.92. The molecule has 10 nitrogen and oxygen atoms in total. The van der Waals surface area contributed by atoms with Crippen LogP contribution in [-0.4, -0.2) is 79.9 Å². The molecule has 1 saturated heterocycles. The molecule has 4 aromatic rings. The normalized spacial score (nSPS) is 19.8. The number of rotatable bonds is 7. The molecule has 43 heavy (non-hydrogen) atoms. The molecule has 1 amide bonds. The third kappa shape index (κ3) is 6.22. The molecule has 2 heterocycles. The molecule has 226 valence electrons. The van der Waals surface area contributed by atoms with E-state index in [2.05, 4.69) is 37.7 Å². The van der Waals surface area contributed by atoms with Crippen LogP contribution in [0.25, 0.3) is 10.9 Å². The summed E-state index contributed by atoms with van der Waals surface area (Å²) in [4.78, 5) is 18.1. The zero-order chi connectivity index (χ0) is 30.1. The molecule has 2 aliphatic rings.